The Labute approximate surface area is 153 Å². The molecule has 0 aliphatic heterocycles. The molecule has 0 saturated carbocycles. The summed E-state index contributed by atoms with van der Waals surface area (Å²) in [6, 6.07) is 0. The highest BCUT2D eigenvalue weighted by molar-refractivity contribution is 4.71. The summed E-state index contributed by atoms with van der Waals surface area (Å²) in [4.78, 5) is 0. The molecule has 0 spiro atoms. The van der Waals surface area contributed by atoms with Gasteiger partial charge in [0.2, 0.25) is 0 Å². The largest absolute Gasteiger partial charge is 0.329 e. The van der Waals surface area contributed by atoms with Crippen LogP contribution in [-0.2, 0) is 0 Å². The minimum Gasteiger partial charge on any atom is -0.329 e. The van der Waals surface area contributed by atoms with Crippen LogP contribution in [0.5, 0.6) is 0 Å². The lowest BCUT2D eigenvalue weighted by atomic mass is 9.86. The van der Waals surface area contributed by atoms with Gasteiger partial charge in [-0.15, -0.1) is 0 Å². The monoisotopic (exact) mass is 340 g/mol. The van der Waals surface area contributed by atoms with Crippen molar-refractivity contribution in [2.75, 3.05) is 19.6 Å². The van der Waals surface area contributed by atoms with Crippen molar-refractivity contribution < 1.29 is 0 Å². The second-order valence-electron chi connectivity index (χ2n) is 8.48. The van der Waals surface area contributed by atoms with Gasteiger partial charge in [0.1, 0.15) is 0 Å². The van der Waals surface area contributed by atoms with E-state index in [1.54, 1.807) is 0 Å². The maximum atomic E-state index is 5.53. The van der Waals surface area contributed by atoms with E-state index in [1.165, 1.54) is 96.3 Å². The van der Waals surface area contributed by atoms with E-state index in [0.717, 1.165) is 19.6 Å². The first-order valence-corrected chi connectivity index (χ1v) is 11.0. The Kier molecular flexibility index (Phi) is 17.7. The van der Waals surface area contributed by atoms with Crippen LogP contribution < -0.4 is 11.1 Å². The van der Waals surface area contributed by atoms with Crippen LogP contribution in [0, 0.1) is 5.41 Å². The van der Waals surface area contributed by atoms with Gasteiger partial charge in [0.15, 0.2) is 0 Å². The number of unbranched alkanes of at least 4 members (excludes halogenated alkanes) is 13. The Hall–Kier alpha value is -0.0800. The van der Waals surface area contributed by atoms with E-state index >= 15 is 0 Å². The first-order chi connectivity index (χ1) is 11.6. The summed E-state index contributed by atoms with van der Waals surface area (Å²) in [5.41, 5.74) is 5.95. The van der Waals surface area contributed by atoms with Gasteiger partial charge in [-0.2, -0.15) is 0 Å². The maximum Gasteiger partial charge on any atom is 0.00747 e. The highest BCUT2D eigenvalue weighted by Crippen LogP contribution is 2.23. The summed E-state index contributed by atoms with van der Waals surface area (Å²) in [5, 5.41) is 3.45. The van der Waals surface area contributed by atoms with Crippen LogP contribution in [0.2, 0.25) is 0 Å². The van der Waals surface area contributed by atoms with Crippen molar-refractivity contribution in [3.8, 4) is 0 Å². The zero-order valence-electron chi connectivity index (χ0n) is 17.3. The van der Waals surface area contributed by atoms with Gasteiger partial charge in [-0.05, 0) is 11.8 Å². The van der Waals surface area contributed by atoms with Crippen molar-refractivity contribution in [3.63, 3.8) is 0 Å². The Morgan fingerprint density at radius 3 is 1.50 bits per heavy atom. The molecule has 0 radical (unpaired) electrons. The molecule has 0 aromatic carbocycles. The van der Waals surface area contributed by atoms with Crippen molar-refractivity contribution in [1.82, 2.24) is 5.32 Å². The Balaban J connectivity index is 3.19. The fraction of sp³-hybridized carbons (Fsp3) is 1.00. The van der Waals surface area contributed by atoms with Gasteiger partial charge in [-0.3, -0.25) is 0 Å². The van der Waals surface area contributed by atoms with Crippen LogP contribution >= 0.6 is 0 Å². The van der Waals surface area contributed by atoms with Crippen molar-refractivity contribution in [1.29, 1.82) is 0 Å². The van der Waals surface area contributed by atoms with Crippen molar-refractivity contribution in [2.24, 2.45) is 11.1 Å². The summed E-state index contributed by atoms with van der Waals surface area (Å²) in [6.07, 6.45) is 21.5. The topological polar surface area (TPSA) is 38.0 Å². The van der Waals surface area contributed by atoms with Crippen LogP contribution in [0.3, 0.4) is 0 Å². The third kappa shape index (κ3) is 18.3. The molecule has 2 heteroatoms. The fourth-order valence-electron chi connectivity index (χ4n) is 3.42. The molecule has 0 aromatic heterocycles. The van der Waals surface area contributed by atoms with Gasteiger partial charge in [-0.1, -0.05) is 111 Å². The second kappa shape index (κ2) is 17.7. The van der Waals surface area contributed by atoms with Crippen LogP contribution in [-0.4, -0.2) is 19.6 Å². The van der Waals surface area contributed by atoms with Gasteiger partial charge in [0.25, 0.3) is 0 Å². The predicted molar refractivity (Wildman–Crippen MR) is 111 cm³/mol. The van der Waals surface area contributed by atoms with Crippen LogP contribution in [0.4, 0.5) is 0 Å². The molecule has 146 valence electrons. The van der Waals surface area contributed by atoms with E-state index in [4.69, 9.17) is 5.73 Å². The third-order valence-corrected chi connectivity index (χ3v) is 5.13. The van der Waals surface area contributed by atoms with E-state index in [1.807, 2.05) is 0 Å². The molecule has 0 aliphatic rings. The lowest BCUT2D eigenvalue weighted by molar-refractivity contribution is 0.302. The number of nitrogens with one attached hydrogen (secondary N) is 1. The number of rotatable bonds is 19. The molecular formula is C22H48N2. The molecule has 0 rings (SSSR count). The highest BCUT2D eigenvalue weighted by atomic mass is 14.9. The predicted octanol–water partition coefficient (Wildman–Crippen LogP) is 6.43. The first-order valence-electron chi connectivity index (χ1n) is 11.0. The summed E-state index contributed by atoms with van der Waals surface area (Å²) >= 11 is 0. The van der Waals surface area contributed by atoms with Gasteiger partial charge >= 0.3 is 0 Å². The molecule has 0 unspecified atom stereocenters. The number of nitrogens with two attached hydrogens (primary N) is 1. The summed E-state index contributed by atoms with van der Waals surface area (Å²) in [6.45, 7) is 9.83. The minimum atomic E-state index is 0.423. The van der Waals surface area contributed by atoms with Crippen LogP contribution in [0.1, 0.15) is 117 Å². The van der Waals surface area contributed by atoms with Gasteiger partial charge in [-0.25, -0.2) is 0 Å². The molecule has 2 nitrogen and oxygen atoms in total. The highest BCUT2D eigenvalue weighted by Gasteiger charge is 2.16. The molecule has 0 fully saturated rings. The quantitative estimate of drug-likeness (QED) is 0.266. The summed E-state index contributed by atoms with van der Waals surface area (Å²) in [7, 11) is 0. The molecular weight excluding hydrogens is 292 g/mol. The lowest BCUT2D eigenvalue weighted by Crippen LogP contribution is -2.32. The number of hydrogen-bond acceptors (Lipinski definition) is 2. The molecule has 3 N–H and O–H groups in total. The average molecular weight is 341 g/mol. The Morgan fingerprint density at radius 1 is 0.667 bits per heavy atom. The Morgan fingerprint density at radius 2 is 1.08 bits per heavy atom. The smallest absolute Gasteiger partial charge is 0.00747 e. The molecule has 0 heterocycles. The van der Waals surface area contributed by atoms with E-state index in [0.29, 0.717) is 5.41 Å². The standard InChI is InChI=1S/C22H48N2/c1-4-5-6-7-8-9-10-11-12-13-14-15-16-17-18-22(2,3)21-24-20-19-23/h24H,4-21,23H2,1-3H3. The number of hydrogen-bond donors (Lipinski definition) is 2. The average Bonchev–Trinajstić information content (AvgIpc) is 2.55. The molecule has 0 aromatic rings. The van der Waals surface area contributed by atoms with Crippen molar-refractivity contribution in [2.45, 2.75) is 117 Å². The maximum absolute atomic E-state index is 5.53. The van der Waals surface area contributed by atoms with E-state index in [9.17, 15) is 0 Å². The first kappa shape index (κ1) is 23.9. The fourth-order valence-corrected chi connectivity index (χ4v) is 3.42. The van der Waals surface area contributed by atoms with Crippen LogP contribution in [0.15, 0.2) is 0 Å². The summed E-state index contributed by atoms with van der Waals surface area (Å²) < 4.78 is 0. The van der Waals surface area contributed by atoms with Gasteiger partial charge < -0.3 is 11.1 Å². The van der Waals surface area contributed by atoms with Gasteiger partial charge in [0, 0.05) is 19.6 Å². The summed E-state index contributed by atoms with van der Waals surface area (Å²) in [5.74, 6) is 0. The zero-order valence-corrected chi connectivity index (χ0v) is 17.3. The second-order valence-corrected chi connectivity index (χ2v) is 8.48. The normalized spacial score (nSPS) is 12.0. The molecule has 0 saturated heterocycles. The van der Waals surface area contributed by atoms with E-state index in [2.05, 4.69) is 26.1 Å². The van der Waals surface area contributed by atoms with E-state index in [-0.39, 0.29) is 0 Å². The molecule has 0 bridgehead atoms. The Bertz CT molecular complexity index is 238. The van der Waals surface area contributed by atoms with Crippen LogP contribution in [0.25, 0.3) is 0 Å². The SMILES string of the molecule is CCCCCCCCCCCCCCCCC(C)(C)CNCCN. The molecule has 24 heavy (non-hydrogen) atoms. The molecule has 0 amide bonds. The van der Waals surface area contributed by atoms with E-state index < -0.39 is 0 Å². The minimum absolute atomic E-state index is 0.423. The van der Waals surface area contributed by atoms with Crippen molar-refractivity contribution >= 4 is 0 Å². The molecule has 0 atom stereocenters. The lowest BCUT2D eigenvalue weighted by Gasteiger charge is -2.25. The van der Waals surface area contributed by atoms with Crippen molar-refractivity contribution in [3.05, 3.63) is 0 Å². The molecule has 0 aliphatic carbocycles. The third-order valence-electron chi connectivity index (χ3n) is 5.13. The van der Waals surface area contributed by atoms with Gasteiger partial charge in [0.05, 0.1) is 0 Å². The zero-order chi connectivity index (χ0) is 17.9.